The first-order chi connectivity index (χ1) is 12.0. The molecule has 2 aromatic carbocycles. The maximum atomic E-state index is 13.2. The summed E-state index contributed by atoms with van der Waals surface area (Å²) in [6.07, 6.45) is 0.550. The molecule has 1 saturated heterocycles. The maximum Gasteiger partial charge on any atom is 0.253 e. The largest absolute Gasteiger partial charge is 0.380 e. The molecule has 132 valence electrons. The van der Waals surface area contributed by atoms with Gasteiger partial charge in [-0.2, -0.15) is 0 Å². The Balaban J connectivity index is 1.62. The van der Waals surface area contributed by atoms with Crippen LogP contribution in [0.4, 0.5) is 15.8 Å². The Morgan fingerprint density at radius 1 is 1.16 bits per heavy atom. The SMILES string of the molecule is CC(=O)N1CCN(c2c(NCCc3cccc(F)c3)c(=O)c2=O)CC1. The van der Waals surface area contributed by atoms with E-state index in [2.05, 4.69) is 5.32 Å². The van der Waals surface area contributed by atoms with Crippen molar-refractivity contribution in [1.82, 2.24) is 4.90 Å². The van der Waals surface area contributed by atoms with Gasteiger partial charge in [0.25, 0.3) is 10.9 Å². The first kappa shape index (κ1) is 17.1. The normalized spacial score (nSPS) is 14.8. The number of hydrogen-bond donors (Lipinski definition) is 1. The lowest BCUT2D eigenvalue weighted by Crippen LogP contribution is -2.52. The van der Waals surface area contributed by atoms with Gasteiger partial charge in [-0.05, 0) is 24.1 Å². The molecule has 0 saturated carbocycles. The molecular formula is C18H20FN3O3. The molecule has 1 heterocycles. The average Bonchev–Trinajstić information content (AvgIpc) is 2.61. The summed E-state index contributed by atoms with van der Waals surface area (Å²) in [6, 6.07) is 6.29. The molecule has 1 aliphatic heterocycles. The van der Waals surface area contributed by atoms with E-state index in [0.717, 1.165) is 5.56 Å². The average molecular weight is 345 g/mol. The molecular weight excluding hydrogens is 325 g/mol. The maximum absolute atomic E-state index is 13.2. The molecule has 3 rings (SSSR count). The van der Waals surface area contributed by atoms with Crippen molar-refractivity contribution in [2.45, 2.75) is 13.3 Å². The third kappa shape index (κ3) is 3.55. The van der Waals surface area contributed by atoms with E-state index in [1.807, 2.05) is 11.0 Å². The van der Waals surface area contributed by atoms with Crippen LogP contribution in [0.15, 0.2) is 33.9 Å². The molecule has 1 N–H and O–H groups in total. The fourth-order valence-electron chi connectivity index (χ4n) is 3.11. The van der Waals surface area contributed by atoms with Gasteiger partial charge in [0.1, 0.15) is 17.2 Å². The van der Waals surface area contributed by atoms with Crippen molar-refractivity contribution in [2.24, 2.45) is 0 Å². The highest BCUT2D eigenvalue weighted by atomic mass is 19.1. The number of carbonyl (C=O) groups excluding carboxylic acids is 1. The lowest BCUT2D eigenvalue weighted by molar-refractivity contribution is -0.129. The van der Waals surface area contributed by atoms with Crippen LogP contribution >= 0.6 is 0 Å². The zero-order valence-electron chi connectivity index (χ0n) is 14.0. The van der Waals surface area contributed by atoms with E-state index in [9.17, 15) is 18.8 Å². The summed E-state index contributed by atoms with van der Waals surface area (Å²) in [4.78, 5) is 38.8. The monoisotopic (exact) mass is 345 g/mol. The van der Waals surface area contributed by atoms with Crippen LogP contribution in [0, 0.1) is 5.82 Å². The smallest absolute Gasteiger partial charge is 0.253 e. The van der Waals surface area contributed by atoms with Crippen LogP contribution in [0.1, 0.15) is 12.5 Å². The number of nitrogens with one attached hydrogen (secondary N) is 1. The fraction of sp³-hybridized carbons (Fsp3) is 0.389. The molecule has 0 aromatic heterocycles. The molecule has 1 aliphatic rings. The van der Waals surface area contributed by atoms with Crippen molar-refractivity contribution in [3.63, 3.8) is 0 Å². The van der Waals surface area contributed by atoms with E-state index in [-0.39, 0.29) is 11.7 Å². The molecule has 7 heteroatoms. The van der Waals surface area contributed by atoms with Gasteiger partial charge in [-0.1, -0.05) is 12.1 Å². The topological polar surface area (TPSA) is 69.7 Å². The summed E-state index contributed by atoms with van der Waals surface area (Å²) in [5.41, 5.74) is 0.570. The van der Waals surface area contributed by atoms with Gasteiger partial charge < -0.3 is 15.1 Å². The van der Waals surface area contributed by atoms with Crippen molar-refractivity contribution in [2.75, 3.05) is 42.9 Å². The van der Waals surface area contributed by atoms with Crippen LogP contribution in [0.3, 0.4) is 0 Å². The Labute approximate surface area is 144 Å². The summed E-state index contributed by atoms with van der Waals surface area (Å²) < 4.78 is 13.2. The Morgan fingerprint density at radius 2 is 1.88 bits per heavy atom. The van der Waals surface area contributed by atoms with E-state index in [4.69, 9.17) is 0 Å². The standard InChI is InChI=1S/C18H20FN3O3/c1-12(23)21-7-9-22(10-8-21)16-15(17(24)18(16)25)20-6-5-13-3-2-4-14(19)11-13/h2-4,11,20H,5-10H2,1H3. The van der Waals surface area contributed by atoms with Crippen LogP contribution in [0.25, 0.3) is 0 Å². The summed E-state index contributed by atoms with van der Waals surface area (Å²) in [5, 5.41) is 3.01. The summed E-state index contributed by atoms with van der Waals surface area (Å²) >= 11 is 0. The number of hydrogen-bond acceptors (Lipinski definition) is 5. The highest BCUT2D eigenvalue weighted by Crippen LogP contribution is 2.21. The Bertz CT molecular complexity index is 850. The van der Waals surface area contributed by atoms with E-state index in [1.54, 1.807) is 11.0 Å². The van der Waals surface area contributed by atoms with Crippen LogP contribution in [-0.2, 0) is 11.2 Å². The number of piperazine rings is 1. The second kappa shape index (κ2) is 7.04. The second-order valence-electron chi connectivity index (χ2n) is 6.18. The summed E-state index contributed by atoms with van der Waals surface area (Å²) in [5.74, 6) is -0.284. The van der Waals surface area contributed by atoms with Crippen molar-refractivity contribution in [3.05, 3.63) is 56.1 Å². The van der Waals surface area contributed by atoms with E-state index in [0.29, 0.717) is 50.5 Å². The predicted octanol–water partition coefficient (Wildman–Crippen LogP) is 0.745. The number of halogens is 1. The minimum atomic E-state index is -0.511. The Kier molecular flexibility index (Phi) is 4.83. The zero-order valence-corrected chi connectivity index (χ0v) is 14.0. The van der Waals surface area contributed by atoms with Gasteiger partial charge in [-0.3, -0.25) is 14.4 Å². The van der Waals surface area contributed by atoms with Gasteiger partial charge in [0.05, 0.1) is 0 Å². The molecule has 0 radical (unpaired) electrons. The quantitative estimate of drug-likeness (QED) is 0.810. The third-order valence-electron chi connectivity index (χ3n) is 4.53. The van der Waals surface area contributed by atoms with Crippen molar-refractivity contribution >= 4 is 17.3 Å². The Hall–Kier alpha value is -2.70. The lowest BCUT2D eigenvalue weighted by Gasteiger charge is -2.36. The number of carbonyl (C=O) groups is 1. The molecule has 2 aromatic rings. The number of benzene rings is 1. The molecule has 6 nitrogen and oxygen atoms in total. The highest BCUT2D eigenvalue weighted by molar-refractivity contribution is 5.76. The molecule has 0 unspecified atom stereocenters. The van der Waals surface area contributed by atoms with Crippen LogP contribution in [-0.4, -0.2) is 43.5 Å². The van der Waals surface area contributed by atoms with Crippen LogP contribution < -0.4 is 21.1 Å². The van der Waals surface area contributed by atoms with E-state index in [1.165, 1.54) is 19.1 Å². The molecule has 1 fully saturated rings. The zero-order chi connectivity index (χ0) is 18.0. The van der Waals surface area contributed by atoms with Crippen LogP contribution in [0.2, 0.25) is 0 Å². The lowest BCUT2D eigenvalue weighted by atomic mass is 10.1. The number of amides is 1. The first-order valence-corrected chi connectivity index (χ1v) is 8.29. The molecule has 0 bridgehead atoms. The second-order valence-corrected chi connectivity index (χ2v) is 6.18. The van der Waals surface area contributed by atoms with Gasteiger partial charge in [0, 0.05) is 39.6 Å². The van der Waals surface area contributed by atoms with Crippen LogP contribution in [0.5, 0.6) is 0 Å². The van der Waals surface area contributed by atoms with Crippen molar-refractivity contribution in [1.29, 1.82) is 0 Å². The fourth-order valence-corrected chi connectivity index (χ4v) is 3.11. The third-order valence-corrected chi connectivity index (χ3v) is 4.53. The van der Waals surface area contributed by atoms with Gasteiger partial charge in [0.2, 0.25) is 5.91 Å². The van der Waals surface area contributed by atoms with Gasteiger partial charge in [-0.25, -0.2) is 4.39 Å². The molecule has 0 spiro atoms. The molecule has 0 aliphatic carbocycles. The number of anilines is 2. The number of rotatable bonds is 5. The highest BCUT2D eigenvalue weighted by Gasteiger charge is 2.28. The van der Waals surface area contributed by atoms with E-state index < -0.39 is 10.9 Å². The van der Waals surface area contributed by atoms with Gasteiger partial charge in [-0.15, -0.1) is 0 Å². The predicted molar refractivity (Wildman–Crippen MR) is 94.4 cm³/mol. The van der Waals surface area contributed by atoms with Gasteiger partial charge in [0.15, 0.2) is 0 Å². The summed E-state index contributed by atoms with van der Waals surface area (Å²) in [7, 11) is 0. The minimum absolute atomic E-state index is 0.0121. The Morgan fingerprint density at radius 3 is 2.52 bits per heavy atom. The van der Waals surface area contributed by atoms with Crippen molar-refractivity contribution < 1.29 is 9.18 Å². The summed E-state index contributed by atoms with van der Waals surface area (Å²) in [6.45, 7) is 4.10. The first-order valence-electron chi connectivity index (χ1n) is 8.29. The van der Waals surface area contributed by atoms with E-state index >= 15 is 0 Å². The number of nitrogens with zero attached hydrogens (tertiary/aromatic N) is 2. The minimum Gasteiger partial charge on any atom is -0.380 e. The molecule has 1 amide bonds. The molecule has 0 atom stereocenters. The van der Waals surface area contributed by atoms with Gasteiger partial charge >= 0.3 is 0 Å². The molecule has 25 heavy (non-hydrogen) atoms. The van der Waals surface area contributed by atoms with Crippen molar-refractivity contribution in [3.8, 4) is 0 Å².